The van der Waals surface area contributed by atoms with E-state index in [-0.39, 0.29) is 18.5 Å². The number of hydrogen-bond donors (Lipinski definition) is 2. The minimum atomic E-state index is -0.254. The number of hydrogen-bond acceptors (Lipinski definition) is 3. The van der Waals surface area contributed by atoms with Crippen molar-refractivity contribution >= 4 is 43.5 Å². The fraction of sp³-hybridized carbons (Fsp3) is 0.0638. The standard InChI is InChI=1S/C47H34N3O/c1-2-11-30(12-3-1)35-17-10-18-36(25-35)39-28-41(44-40-19-8-9-20-42(40)51-43(44)29-39)47-49-45(37-23-21-31-13-4-6-15-33(31)26-37)48-46(50-47)38-24-22-32-14-5-7-16-34(32)27-38/h1-29,45-47,49-50H/q-1. The van der Waals surface area contributed by atoms with Crippen LogP contribution in [0.5, 0.6) is 0 Å². The third kappa shape index (κ3) is 5.47. The molecule has 0 aliphatic carbocycles. The second-order valence-corrected chi connectivity index (χ2v) is 13.4. The first-order valence-electron chi connectivity index (χ1n) is 17.5. The van der Waals surface area contributed by atoms with E-state index in [9.17, 15) is 0 Å². The van der Waals surface area contributed by atoms with E-state index in [4.69, 9.17) is 9.73 Å². The molecule has 0 saturated carbocycles. The minimum absolute atomic E-state index is 0.240. The van der Waals surface area contributed by atoms with Crippen molar-refractivity contribution in [3.8, 4) is 22.3 Å². The molecule has 0 radical (unpaired) electrons. The van der Waals surface area contributed by atoms with Gasteiger partial charge in [0, 0.05) is 10.8 Å². The Kier molecular flexibility index (Phi) is 7.24. The number of nitrogens with zero attached hydrogens (tertiary/aromatic N) is 1. The molecule has 8 aromatic carbocycles. The molecule has 0 amide bonds. The molecule has 51 heavy (non-hydrogen) atoms. The van der Waals surface area contributed by atoms with Crippen LogP contribution in [-0.4, -0.2) is 0 Å². The zero-order valence-corrected chi connectivity index (χ0v) is 27.8. The lowest BCUT2D eigenvalue weighted by Crippen LogP contribution is -2.44. The quantitative estimate of drug-likeness (QED) is 0.194. The monoisotopic (exact) mass is 656 g/mol. The van der Waals surface area contributed by atoms with Crippen molar-refractivity contribution in [3.05, 3.63) is 198 Å². The number of fused-ring (bicyclic) bond motifs is 5. The van der Waals surface area contributed by atoms with Gasteiger partial charge in [-0.1, -0.05) is 175 Å². The van der Waals surface area contributed by atoms with E-state index < -0.39 is 0 Å². The van der Waals surface area contributed by atoms with Gasteiger partial charge in [0.2, 0.25) is 0 Å². The molecule has 1 aromatic heterocycles. The predicted octanol–water partition coefficient (Wildman–Crippen LogP) is 12.2. The molecule has 9 aromatic rings. The first-order valence-corrected chi connectivity index (χ1v) is 17.5. The Morgan fingerprint density at radius 3 is 1.67 bits per heavy atom. The van der Waals surface area contributed by atoms with Gasteiger partial charge in [0.15, 0.2) is 0 Å². The lowest BCUT2D eigenvalue weighted by Gasteiger charge is -2.50. The summed E-state index contributed by atoms with van der Waals surface area (Å²) < 4.78 is 6.60. The largest absolute Gasteiger partial charge is 0.624 e. The summed E-state index contributed by atoms with van der Waals surface area (Å²) in [5.74, 6) is 0. The van der Waals surface area contributed by atoms with Crippen molar-refractivity contribution in [1.82, 2.24) is 10.6 Å². The van der Waals surface area contributed by atoms with Gasteiger partial charge in [0.1, 0.15) is 11.2 Å². The summed E-state index contributed by atoms with van der Waals surface area (Å²) in [5, 5.41) is 20.3. The highest BCUT2D eigenvalue weighted by Gasteiger charge is 2.26. The molecule has 2 N–H and O–H groups in total. The molecule has 0 spiro atoms. The zero-order chi connectivity index (χ0) is 33.7. The van der Waals surface area contributed by atoms with E-state index >= 15 is 0 Å². The number of para-hydroxylation sites is 1. The van der Waals surface area contributed by atoms with Crippen LogP contribution in [0.1, 0.15) is 35.2 Å². The molecular weight excluding hydrogens is 623 g/mol. The van der Waals surface area contributed by atoms with Crippen molar-refractivity contribution in [3.63, 3.8) is 0 Å². The van der Waals surface area contributed by atoms with E-state index in [0.29, 0.717) is 0 Å². The third-order valence-electron chi connectivity index (χ3n) is 10.2. The molecule has 4 heteroatoms. The summed E-state index contributed by atoms with van der Waals surface area (Å²) >= 11 is 0. The number of rotatable bonds is 5. The molecule has 2 unspecified atom stereocenters. The first kappa shape index (κ1) is 29.8. The highest BCUT2D eigenvalue weighted by atomic mass is 16.3. The van der Waals surface area contributed by atoms with E-state index in [0.717, 1.165) is 49.8 Å². The Balaban J connectivity index is 1.14. The van der Waals surface area contributed by atoms with Crippen molar-refractivity contribution < 1.29 is 4.42 Å². The molecule has 0 bridgehead atoms. The molecule has 2 atom stereocenters. The molecule has 1 aliphatic rings. The topological polar surface area (TPSA) is 51.3 Å². The number of furan rings is 1. The minimum Gasteiger partial charge on any atom is -0.624 e. The highest BCUT2D eigenvalue weighted by molar-refractivity contribution is 6.08. The van der Waals surface area contributed by atoms with Crippen LogP contribution in [0.15, 0.2) is 180 Å². The number of nitrogens with one attached hydrogen (secondary N) is 2. The Morgan fingerprint density at radius 2 is 0.980 bits per heavy atom. The van der Waals surface area contributed by atoms with Gasteiger partial charge >= 0.3 is 0 Å². The predicted molar refractivity (Wildman–Crippen MR) is 210 cm³/mol. The van der Waals surface area contributed by atoms with Gasteiger partial charge in [-0.3, -0.25) is 0 Å². The lowest BCUT2D eigenvalue weighted by molar-refractivity contribution is 0.318. The second-order valence-electron chi connectivity index (χ2n) is 13.4. The summed E-state index contributed by atoms with van der Waals surface area (Å²) in [6.07, 6.45) is -0.748. The fourth-order valence-corrected chi connectivity index (χ4v) is 7.69. The van der Waals surface area contributed by atoms with Crippen LogP contribution >= 0.6 is 0 Å². The maximum Gasteiger partial charge on any atom is 0.136 e. The van der Waals surface area contributed by atoms with E-state index in [1.807, 2.05) is 6.07 Å². The van der Waals surface area contributed by atoms with Gasteiger partial charge in [-0.05, 0) is 73.6 Å². The summed E-state index contributed by atoms with van der Waals surface area (Å²) in [6, 6.07) is 62.6. The second kappa shape index (κ2) is 12.4. The van der Waals surface area contributed by atoms with E-state index in [1.165, 1.54) is 32.7 Å². The highest BCUT2D eigenvalue weighted by Crippen LogP contribution is 2.43. The van der Waals surface area contributed by atoms with Crippen molar-refractivity contribution in [2.45, 2.75) is 18.5 Å². The molecule has 10 rings (SSSR count). The normalized spacial score (nSPS) is 17.8. The first-order chi connectivity index (χ1) is 25.2. The molecule has 4 nitrogen and oxygen atoms in total. The van der Waals surface area contributed by atoms with Gasteiger partial charge in [-0.2, -0.15) is 0 Å². The van der Waals surface area contributed by atoms with Crippen LogP contribution in [0.4, 0.5) is 0 Å². The third-order valence-corrected chi connectivity index (χ3v) is 10.2. The SMILES string of the molecule is c1ccc(-c2cccc(-c3cc(C4NC(c5ccc6ccccc6c5)[N-]C(c5ccc6ccccc6c5)N4)c4c(c3)oc3ccccc34)c2)cc1. The Hall–Kier alpha value is -6.04. The van der Waals surface area contributed by atoms with E-state index in [2.05, 4.69) is 180 Å². The smallest absolute Gasteiger partial charge is 0.136 e. The van der Waals surface area contributed by atoms with Gasteiger partial charge in [-0.15, -0.1) is 0 Å². The molecular formula is C47H34N3O-. The van der Waals surface area contributed by atoms with Crippen LogP contribution in [0, 0.1) is 0 Å². The maximum absolute atomic E-state index is 6.60. The van der Waals surface area contributed by atoms with Crippen molar-refractivity contribution in [2.24, 2.45) is 0 Å². The lowest BCUT2D eigenvalue weighted by atomic mass is 9.94. The Morgan fingerprint density at radius 1 is 0.412 bits per heavy atom. The summed E-state index contributed by atoms with van der Waals surface area (Å²) in [5.41, 5.74) is 9.74. The summed E-state index contributed by atoms with van der Waals surface area (Å²) in [4.78, 5) is 0. The van der Waals surface area contributed by atoms with Crippen LogP contribution in [0.25, 0.3) is 71.1 Å². The van der Waals surface area contributed by atoms with E-state index in [1.54, 1.807) is 0 Å². The fourth-order valence-electron chi connectivity index (χ4n) is 7.69. The van der Waals surface area contributed by atoms with Crippen LogP contribution in [0.2, 0.25) is 0 Å². The van der Waals surface area contributed by atoms with Gasteiger partial charge < -0.3 is 20.4 Å². The molecule has 1 aliphatic heterocycles. The Labute approximate surface area is 296 Å². The average Bonchev–Trinajstić information content (AvgIpc) is 3.59. The van der Waals surface area contributed by atoms with Gasteiger partial charge in [0.05, 0.1) is 6.17 Å². The van der Waals surface area contributed by atoms with Gasteiger partial charge in [0.25, 0.3) is 0 Å². The summed E-state index contributed by atoms with van der Waals surface area (Å²) in [6.45, 7) is 0. The molecule has 2 heterocycles. The van der Waals surface area contributed by atoms with Crippen molar-refractivity contribution in [2.75, 3.05) is 0 Å². The number of benzene rings is 8. The van der Waals surface area contributed by atoms with Gasteiger partial charge in [-0.25, -0.2) is 0 Å². The van der Waals surface area contributed by atoms with Crippen molar-refractivity contribution in [1.29, 1.82) is 0 Å². The maximum atomic E-state index is 6.60. The molecule has 244 valence electrons. The molecule has 1 saturated heterocycles. The Bertz CT molecular complexity index is 2630. The van der Waals surface area contributed by atoms with Crippen LogP contribution < -0.4 is 10.6 Å². The summed E-state index contributed by atoms with van der Waals surface area (Å²) in [7, 11) is 0. The average molecular weight is 657 g/mol. The van der Waals surface area contributed by atoms with Crippen LogP contribution in [-0.2, 0) is 0 Å². The molecule has 1 fully saturated rings. The van der Waals surface area contributed by atoms with Crippen LogP contribution in [0.3, 0.4) is 0 Å². The zero-order valence-electron chi connectivity index (χ0n) is 27.8.